The number of hydrogen-bond donors (Lipinski definition) is 1. The molecular weight excluding hydrogens is 288 g/mol. The molecule has 0 amide bonds. The summed E-state index contributed by atoms with van der Waals surface area (Å²) in [5, 5.41) is 0. The largest absolute Gasteiger partial charge is 0.492 e. The maximum Gasteiger partial charge on any atom is 0.119 e. The minimum Gasteiger partial charge on any atom is -0.492 e. The van der Waals surface area contributed by atoms with Gasteiger partial charge in [0.05, 0.1) is 12.2 Å². The van der Waals surface area contributed by atoms with Gasteiger partial charge in [-0.1, -0.05) is 12.2 Å². The number of likely N-dealkylation sites (tertiary alicyclic amines) is 1. The van der Waals surface area contributed by atoms with Crippen LogP contribution in [0, 0.1) is 0 Å². The van der Waals surface area contributed by atoms with Crippen LogP contribution in [0.3, 0.4) is 0 Å². The van der Waals surface area contributed by atoms with Crippen molar-refractivity contribution < 1.29 is 14.2 Å². The van der Waals surface area contributed by atoms with Gasteiger partial charge in [0, 0.05) is 39.4 Å². The van der Waals surface area contributed by atoms with Crippen molar-refractivity contribution >= 4 is 17.2 Å². The Balaban J connectivity index is 1.76. The fraction of sp³-hybridized carbons (Fsp3) is 0.533. The van der Waals surface area contributed by atoms with Gasteiger partial charge in [0.1, 0.15) is 17.3 Å². The molecule has 1 saturated heterocycles. The second-order valence-electron chi connectivity index (χ2n) is 5.04. The zero-order valence-electron chi connectivity index (χ0n) is 12.5. The van der Waals surface area contributed by atoms with Crippen molar-refractivity contribution in [3.8, 4) is 5.75 Å². The van der Waals surface area contributed by atoms with Crippen LogP contribution in [-0.2, 0) is 9.47 Å². The summed E-state index contributed by atoms with van der Waals surface area (Å²) in [6.45, 7) is 3.22. The number of ether oxygens (including phenoxy) is 3. The van der Waals surface area contributed by atoms with Crippen LogP contribution in [0.2, 0.25) is 0 Å². The second-order valence-corrected chi connectivity index (χ2v) is 5.48. The summed E-state index contributed by atoms with van der Waals surface area (Å²) in [6.07, 6.45) is 0.278. The fourth-order valence-electron chi connectivity index (χ4n) is 2.46. The van der Waals surface area contributed by atoms with E-state index < -0.39 is 0 Å². The lowest BCUT2D eigenvalue weighted by atomic mass is 10.2. The molecule has 2 atom stereocenters. The third-order valence-corrected chi connectivity index (χ3v) is 3.95. The van der Waals surface area contributed by atoms with E-state index in [-0.39, 0.29) is 12.2 Å². The Morgan fingerprint density at radius 1 is 1.19 bits per heavy atom. The van der Waals surface area contributed by atoms with Crippen LogP contribution in [0.15, 0.2) is 24.3 Å². The Labute approximate surface area is 131 Å². The second kappa shape index (κ2) is 7.70. The minimum atomic E-state index is 0.139. The Kier molecular flexibility index (Phi) is 5.93. The highest BCUT2D eigenvalue weighted by Crippen LogP contribution is 2.16. The van der Waals surface area contributed by atoms with E-state index in [0.29, 0.717) is 11.6 Å². The molecule has 1 aliphatic rings. The number of rotatable bonds is 7. The first-order valence-electron chi connectivity index (χ1n) is 6.94. The van der Waals surface area contributed by atoms with Gasteiger partial charge in [0.25, 0.3) is 0 Å². The zero-order chi connectivity index (χ0) is 15.2. The van der Waals surface area contributed by atoms with Gasteiger partial charge < -0.3 is 19.9 Å². The molecule has 0 aliphatic carbocycles. The van der Waals surface area contributed by atoms with Crippen LogP contribution in [-0.4, -0.2) is 62.6 Å². The maximum atomic E-state index is 5.73. The summed E-state index contributed by atoms with van der Waals surface area (Å²) >= 11 is 4.92. The van der Waals surface area contributed by atoms with Crippen LogP contribution >= 0.6 is 12.2 Å². The molecule has 1 aromatic rings. The number of benzene rings is 1. The van der Waals surface area contributed by atoms with Crippen molar-refractivity contribution in [1.82, 2.24) is 4.90 Å². The lowest BCUT2D eigenvalue weighted by molar-refractivity contribution is -0.00461. The van der Waals surface area contributed by atoms with E-state index in [2.05, 4.69) is 4.90 Å². The number of hydrogen-bond acceptors (Lipinski definition) is 5. The molecule has 2 unspecified atom stereocenters. The highest BCUT2D eigenvalue weighted by molar-refractivity contribution is 7.80. The molecule has 2 rings (SSSR count). The molecule has 116 valence electrons. The van der Waals surface area contributed by atoms with E-state index in [1.165, 1.54) is 0 Å². The average molecular weight is 310 g/mol. The summed E-state index contributed by atoms with van der Waals surface area (Å²) in [5.74, 6) is 0.820. The van der Waals surface area contributed by atoms with Gasteiger partial charge >= 0.3 is 0 Å². The van der Waals surface area contributed by atoms with E-state index >= 15 is 0 Å². The molecule has 1 aliphatic heterocycles. The molecular formula is C15H22N2O3S. The van der Waals surface area contributed by atoms with Crippen LogP contribution in [0.25, 0.3) is 0 Å². The lowest BCUT2D eigenvalue weighted by Crippen LogP contribution is -2.27. The van der Waals surface area contributed by atoms with Gasteiger partial charge in [-0.05, 0) is 24.3 Å². The fourth-order valence-corrected chi connectivity index (χ4v) is 2.60. The number of thiocarbonyl (C=S) groups is 1. The molecule has 0 spiro atoms. The predicted octanol–water partition coefficient (Wildman–Crippen LogP) is 1.05. The van der Waals surface area contributed by atoms with Gasteiger partial charge in [-0.3, -0.25) is 4.90 Å². The maximum absolute atomic E-state index is 5.73. The molecule has 0 bridgehead atoms. The van der Waals surface area contributed by atoms with Crippen LogP contribution in [0.5, 0.6) is 5.75 Å². The topological polar surface area (TPSA) is 57.0 Å². The van der Waals surface area contributed by atoms with Crippen molar-refractivity contribution in [2.75, 3.05) is 40.5 Å². The molecule has 0 saturated carbocycles. The summed E-state index contributed by atoms with van der Waals surface area (Å²) < 4.78 is 16.6. The number of nitrogens with zero attached hydrogens (tertiary/aromatic N) is 1. The molecule has 6 heteroatoms. The number of nitrogens with two attached hydrogens (primary N) is 1. The van der Waals surface area contributed by atoms with Gasteiger partial charge in [-0.2, -0.15) is 0 Å². The molecule has 1 fully saturated rings. The van der Waals surface area contributed by atoms with Gasteiger partial charge in [-0.15, -0.1) is 0 Å². The van der Waals surface area contributed by atoms with Gasteiger partial charge in [0.15, 0.2) is 0 Å². The summed E-state index contributed by atoms with van der Waals surface area (Å²) in [4.78, 5) is 2.68. The van der Waals surface area contributed by atoms with E-state index in [1.54, 1.807) is 14.2 Å². The van der Waals surface area contributed by atoms with Gasteiger partial charge in [-0.25, -0.2) is 0 Å². The van der Waals surface area contributed by atoms with Crippen molar-refractivity contribution in [1.29, 1.82) is 0 Å². The standard InChI is InChI=1S/C15H22N2O3S/c1-18-13-9-17(10-14(13)19-2)7-8-20-12-5-3-11(4-6-12)15(16)21/h3-6,13-14H,7-10H2,1-2H3,(H2,16,21). The lowest BCUT2D eigenvalue weighted by Gasteiger charge is -2.15. The SMILES string of the molecule is COC1CN(CCOc2ccc(C(N)=S)cc2)CC1OC. The average Bonchev–Trinajstić information content (AvgIpc) is 2.90. The van der Waals surface area contributed by atoms with E-state index in [4.69, 9.17) is 32.2 Å². The zero-order valence-corrected chi connectivity index (χ0v) is 13.3. The smallest absolute Gasteiger partial charge is 0.119 e. The Morgan fingerprint density at radius 2 is 1.76 bits per heavy atom. The molecule has 1 aromatic carbocycles. The summed E-state index contributed by atoms with van der Waals surface area (Å²) in [5.41, 5.74) is 6.41. The van der Waals surface area contributed by atoms with Crippen molar-refractivity contribution in [2.45, 2.75) is 12.2 Å². The molecule has 2 N–H and O–H groups in total. The van der Waals surface area contributed by atoms with E-state index in [0.717, 1.165) is 30.9 Å². The van der Waals surface area contributed by atoms with Gasteiger partial charge in [0.2, 0.25) is 0 Å². The molecule has 5 nitrogen and oxygen atoms in total. The van der Waals surface area contributed by atoms with E-state index in [9.17, 15) is 0 Å². The first-order valence-corrected chi connectivity index (χ1v) is 7.35. The Bertz CT molecular complexity index is 454. The van der Waals surface area contributed by atoms with Crippen LogP contribution in [0.1, 0.15) is 5.56 Å². The highest BCUT2D eigenvalue weighted by atomic mass is 32.1. The Morgan fingerprint density at radius 3 is 2.24 bits per heavy atom. The van der Waals surface area contributed by atoms with Crippen molar-refractivity contribution in [2.24, 2.45) is 5.73 Å². The first-order chi connectivity index (χ1) is 10.1. The molecule has 0 radical (unpaired) electrons. The quantitative estimate of drug-likeness (QED) is 0.760. The normalized spacial score (nSPS) is 22.4. The third kappa shape index (κ3) is 4.38. The minimum absolute atomic E-state index is 0.139. The number of methoxy groups -OCH3 is 2. The first kappa shape index (κ1) is 16.2. The predicted molar refractivity (Wildman–Crippen MR) is 85.9 cm³/mol. The van der Waals surface area contributed by atoms with Crippen LogP contribution < -0.4 is 10.5 Å². The summed E-state index contributed by atoms with van der Waals surface area (Å²) in [6, 6.07) is 7.51. The molecule has 1 heterocycles. The Hall–Kier alpha value is -1.21. The van der Waals surface area contributed by atoms with Crippen molar-refractivity contribution in [3.63, 3.8) is 0 Å². The highest BCUT2D eigenvalue weighted by Gasteiger charge is 2.32. The van der Waals surface area contributed by atoms with Crippen molar-refractivity contribution in [3.05, 3.63) is 29.8 Å². The molecule has 21 heavy (non-hydrogen) atoms. The third-order valence-electron chi connectivity index (χ3n) is 3.71. The van der Waals surface area contributed by atoms with E-state index in [1.807, 2.05) is 24.3 Å². The van der Waals surface area contributed by atoms with Crippen LogP contribution in [0.4, 0.5) is 0 Å². The summed E-state index contributed by atoms with van der Waals surface area (Å²) in [7, 11) is 3.44. The molecule has 0 aromatic heterocycles. The monoisotopic (exact) mass is 310 g/mol.